The molecule has 1 aromatic rings. The summed E-state index contributed by atoms with van der Waals surface area (Å²) in [6, 6.07) is 1.65. The molecule has 0 atom stereocenters. The van der Waals surface area contributed by atoms with Crippen molar-refractivity contribution in [2.45, 2.75) is 20.8 Å². The fraction of sp³-hybridized carbons (Fsp3) is 0.333. The minimum Gasteiger partial charge on any atom is -0.403 e. The predicted molar refractivity (Wildman–Crippen MR) is 67.4 cm³/mol. The Labute approximate surface area is 105 Å². The number of halogens is 1. The highest BCUT2D eigenvalue weighted by atomic mass is 127. The second kappa shape index (κ2) is 5.01. The maximum Gasteiger partial charge on any atom is 0.524 e. The van der Waals surface area contributed by atoms with Crippen LogP contribution in [0.4, 0.5) is 0 Å². The van der Waals surface area contributed by atoms with Gasteiger partial charge in [0.15, 0.2) is 5.75 Å². The zero-order valence-corrected chi connectivity index (χ0v) is 12.5. The molecule has 0 aliphatic heterocycles. The number of hydrogen-bond donors (Lipinski definition) is 2. The van der Waals surface area contributed by atoms with Crippen LogP contribution < -0.4 is 4.52 Å². The molecular weight excluding hydrogens is 362 g/mol. The molecule has 0 amide bonds. The SMILES string of the molecule is Cc1cc(C)c(I(=O)=O)c(OP(=O)(O)O)c1C. The van der Waals surface area contributed by atoms with E-state index in [1.165, 1.54) is 0 Å². The third kappa shape index (κ3) is 3.48. The monoisotopic (exact) mass is 374 g/mol. The Bertz CT molecular complexity index is 563. The summed E-state index contributed by atoms with van der Waals surface area (Å²) in [6.45, 7) is 4.84. The summed E-state index contributed by atoms with van der Waals surface area (Å²) in [5, 5.41) is 0. The maximum absolute atomic E-state index is 11.2. The summed E-state index contributed by atoms with van der Waals surface area (Å²) in [6.07, 6.45) is 0. The summed E-state index contributed by atoms with van der Waals surface area (Å²) >= 11 is -3.89. The molecule has 6 nitrogen and oxygen atoms in total. The first-order valence-electron chi connectivity index (χ1n) is 4.54. The number of aryl methyl sites for hydroxylation is 2. The lowest BCUT2D eigenvalue weighted by Crippen LogP contribution is -1.99. The summed E-state index contributed by atoms with van der Waals surface area (Å²) in [5.41, 5.74) is 1.57. The van der Waals surface area contributed by atoms with Crippen LogP contribution in [0, 0.1) is 24.3 Å². The molecule has 0 aromatic heterocycles. The lowest BCUT2D eigenvalue weighted by atomic mass is 10.1. The Balaban J connectivity index is 3.59. The molecule has 0 fully saturated rings. The quantitative estimate of drug-likeness (QED) is 0.623. The van der Waals surface area contributed by atoms with E-state index in [0.717, 1.165) is 0 Å². The molecule has 0 radical (unpaired) electrons. The number of phosphoric ester groups is 1. The smallest absolute Gasteiger partial charge is 0.403 e. The van der Waals surface area contributed by atoms with Gasteiger partial charge in [0, 0.05) is 0 Å². The van der Waals surface area contributed by atoms with Gasteiger partial charge in [-0.25, -0.2) is 10.7 Å². The Morgan fingerprint density at radius 1 is 1.18 bits per heavy atom. The van der Waals surface area contributed by atoms with Crippen LogP contribution in [0.5, 0.6) is 5.75 Å². The van der Waals surface area contributed by atoms with Crippen molar-refractivity contribution in [2.24, 2.45) is 0 Å². The fourth-order valence-corrected chi connectivity index (χ4v) is 3.84. The van der Waals surface area contributed by atoms with E-state index in [0.29, 0.717) is 16.7 Å². The Hall–Kier alpha value is -0.500. The van der Waals surface area contributed by atoms with Crippen LogP contribution in [0.25, 0.3) is 0 Å². The molecule has 0 saturated heterocycles. The molecule has 1 aromatic carbocycles. The minimum absolute atomic E-state index is 0.0966. The molecular formula is C9H12IO6P. The number of hydrogen-bond acceptors (Lipinski definition) is 4. The van der Waals surface area contributed by atoms with Gasteiger partial charge in [0.25, 0.3) is 0 Å². The maximum atomic E-state index is 11.2. The standard InChI is InChI=1S/C9H12IO6P/c1-5-4-6(2)8(10(11)12)9(7(5)3)16-17(13,14)15/h4H,1-3H3,(H2,13,14,15). The molecule has 0 aliphatic rings. The van der Waals surface area contributed by atoms with Gasteiger partial charge in [0.1, 0.15) is 3.57 Å². The highest BCUT2D eigenvalue weighted by Gasteiger charge is 2.24. The Morgan fingerprint density at radius 3 is 2.12 bits per heavy atom. The van der Waals surface area contributed by atoms with Crippen LogP contribution in [0.2, 0.25) is 0 Å². The molecule has 17 heavy (non-hydrogen) atoms. The van der Waals surface area contributed by atoms with E-state index in [9.17, 15) is 10.7 Å². The van der Waals surface area contributed by atoms with Crippen molar-refractivity contribution in [1.82, 2.24) is 0 Å². The van der Waals surface area contributed by atoms with Gasteiger partial charge in [-0.15, -0.1) is 0 Å². The first-order chi connectivity index (χ1) is 7.63. The molecule has 1 rings (SSSR count). The summed E-state index contributed by atoms with van der Waals surface area (Å²) < 4.78 is 37.6. The van der Waals surface area contributed by atoms with Crippen LogP contribution in [0.15, 0.2) is 6.07 Å². The van der Waals surface area contributed by atoms with Crippen molar-refractivity contribution in [3.63, 3.8) is 0 Å². The molecule has 8 heteroatoms. The van der Waals surface area contributed by atoms with Gasteiger partial charge >= 0.3 is 27.6 Å². The van der Waals surface area contributed by atoms with Crippen LogP contribution >= 0.6 is 27.6 Å². The van der Waals surface area contributed by atoms with Crippen molar-refractivity contribution in [1.29, 1.82) is 0 Å². The van der Waals surface area contributed by atoms with Crippen molar-refractivity contribution >= 4 is 27.6 Å². The normalized spacial score (nSPS) is 11.9. The topological polar surface area (TPSA) is 101 Å². The number of rotatable bonds is 3. The van der Waals surface area contributed by atoms with Gasteiger partial charge < -0.3 is 4.52 Å². The van der Waals surface area contributed by atoms with Crippen molar-refractivity contribution in [3.8, 4) is 5.75 Å². The summed E-state index contributed by atoms with van der Waals surface area (Å²) in [5.74, 6) is -0.231. The molecule has 0 heterocycles. The predicted octanol–water partition coefficient (Wildman–Crippen LogP) is 2.45. The summed E-state index contributed by atoms with van der Waals surface area (Å²) in [7, 11) is -4.77. The van der Waals surface area contributed by atoms with E-state index in [2.05, 4.69) is 4.52 Å². The largest absolute Gasteiger partial charge is 0.524 e. The van der Waals surface area contributed by atoms with E-state index in [-0.39, 0.29) is 9.32 Å². The van der Waals surface area contributed by atoms with E-state index >= 15 is 0 Å². The average molecular weight is 374 g/mol. The third-order valence-corrected chi connectivity index (χ3v) is 4.92. The van der Waals surface area contributed by atoms with E-state index in [1.54, 1.807) is 26.8 Å². The highest BCUT2D eigenvalue weighted by molar-refractivity contribution is 14.2. The number of benzene rings is 1. The fourth-order valence-electron chi connectivity index (χ4n) is 1.44. The average Bonchev–Trinajstić information content (AvgIpc) is 2.10. The van der Waals surface area contributed by atoms with Crippen molar-refractivity contribution in [2.75, 3.05) is 0 Å². The van der Waals surface area contributed by atoms with Gasteiger partial charge in [-0.3, -0.25) is 9.79 Å². The first kappa shape index (κ1) is 14.6. The van der Waals surface area contributed by atoms with Crippen LogP contribution in [0.3, 0.4) is 0 Å². The van der Waals surface area contributed by atoms with Gasteiger partial charge in [0.2, 0.25) is 0 Å². The second-order valence-corrected chi connectivity index (χ2v) is 7.06. The zero-order chi connectivity index (χ0) is 13.4. The van der Waals surface area contributed by atoms with Gasteiger partial charge in [-0.05, 0) is 37.5 Å². The lowest BCUT2D eigenvalue weighted by molar-refractivity contribution is 0.282. The molecule has 96 valence electrons. The molecule has 0 spiro atoms. The number of phosphoric acid groups is 1. The zero-order valence-electron chi connectivity index (χ0n) is 9.43. The first-order valence-corrected chi connectivity index (χ1v) is 8.91. The molecule has 0 saturated carbocycles. The van der Waals surface area contributed by atoms with E-state index in [1.807, 2.05) is 0 Å². The van der Waals surface area contributed by atoms with E-state index < -0.39 is 27.6 Å². The van der Waals surface area contributed by atoms with Crippen LogP contribution in [0.1, 0.15) is 16.7 Å². The molecule has 0 unspecified atom stereocenters. The third-order valence-electron chi connectivity index (χ3n) is 2.28. The molecule has 0 aliphatic carbocycles. The Kier molecular flexibility index (Phi) is 4.29. The summed E-state index contributed by atoms with van der Waals surface area (Å²) in [4.78, 5) is 17.6. The van der Waals surface area contributed by atoms with Crippen molar-refractivity contribution in [3.05, 3.63) is 26.3 Å². The lowest BCUT2D eigenvalue weighted by Gasteiger charge is -2.14. The van der Waals surface area contributed by atoms with Crippen molar-refractivity contribution < 1.29 is 25.0 Å². The molecule has 0 bridgehead atoms. The van der Waals surface area contributed by atoms with Crippen LogP contribution in [-0.2, 0) is 10.7 Å². The highest BCUT2D eigenvalue weighted by Crippen LogP contribution is 2.44. The molecule has 2 N–H and O–H groups in total. The van der Waals surface area contributed by atoms with Gasteiger partial charge in [-0.1, -0.05) is 6.07 Å². The van der Waals surface area contributed by atoms with Gasteiger partial charge in [-0.2, -0.15) is 0 Å². The Morgan fingerprint density at radius 2 is 1.71 bits per heavy atom. The van der Waals surface area contributed by atoms with Crippen LogP contribution in [-0.4, -0.2) is 9.79 Å². The van der Waals surface area contributed by atoms with Gasteiger partial charge in [0.05, 0.1) is 0 Å². The second-order valence-electron chi connectivity index (χ2n) is 3.58. The van der Waals surface area contributed by atoms with E-state index in [4.69, 9.17) is 9.79 Å². The minimum atomic E-state index is -4.77.